The summed E-state index contributed by atoms with van der Waals surface area (Å²) in [5.41, 5.74) is 6.46. The maximum atomic E-state index is 6.18. The van der Waals surface area contributed by atoms with E-state index in [1.165, 1.54) is 19.3 Å². The highest BCUT2D eigenvalue weighted by Gasteiger charge is 2.37. The minimum absolute atomic E-state index is 0.284. The monoisotopic (exact) mass is 208 g/mol. The van der Waals surface area contributed by atoms with Gasteiger partial charge in [-0.3, -0.25) is 4.90 Å². The summed E-state index contributed by atoms with van der Waals surface area (Å²) in [5, 5.41) is 0. The van der Waals surface area contributed by atoms with Crippen molar-refractivity contribution in [1.29, 1.82) is 0 Å². The van der Waals surface area contributed by atoms with E-state index in [9.17, 15) is 0 Å². The molecular weight excluding hydrogens is 184 g/mol. The molecule has 2 atom stereocenters. The van der Waals surface area contributed by atoms with E-state index >= 15 is 0 Å². The van der Waals surface area contributed by atoms with E-state index in [2.05, 4.69) is 24.7 Å². The number of terminal acetylenes is 1. The number of hydrogen-bond acceptors (Lipinski definition) is 2. The fraction of sp³-hybridized carbons (Fsp3) is 0.846. The molecule has 0 radical (unpaired) electrons. The molecule has 0 saturated heterocycles. The Balaban J connectivity index is 2.52. The average Bonchev–Trinajstić information content (AvgIpc) is 2.48. The first-order chi connectivity index (χ1) is 7.12. The lowest BCUT2D eigenvalue weighted by atomic mass is 9.84. The first kappa shape index (κ1) is 12.5. The second kappa shape index (κ2) is 5.53. The predicted molar refractivity (Wildman–Crippen MR) is 65.5 cm³/mol. The first-order valence-electron chi connectivity index (χ1n) is 6.04. The van der Waals surface area contributed by atoms with Crippen LogP contribution in [-0.2, 0) is 0 Å². The topological polar surface area (TPSA) is 29.3 Å². The largest absolute Gasteiger partial charge is 0.327 e. The lowest BCUT2D eigenvalue weighted by molar-refractivity contribution is 0.166. The summed E-state index contributed by atoms with van der Waals surface area (Å²) in [6, 6.07) is 0.356. The van der Waals surface area contributed by atoms with Gasteiger partial charge in [0.2, 0.25) is 0 Å². The number of nitrogens with zero attached hydrogens (tertiary/aromatic N) is 1. The van der Waals surface area contributed by atoms with Gasteiger partial charge in [-0.25, -0.2) is 0 Å². The number of rotatable bonds is 5. The van der Waals surface area contributed by atoms with Crippen molar-refractivity contribution in [3.63, 3.8) is 0 Å². The summed E-state index contributed by atoms with van der Waals surface area (Å²) in [5.74, 6) is 2.74. The third-order valence-electron chi connectivity index (χ3n) is 3.60. The molecular formula is C13H24N2. The third kappa shape index (κ3) is 3.22. The molecule has 0 heterocycles. The molecule has 2 heteroatoms. The van der Waals surface area contributed by atoms with E-state index in [0.717, 1.165) is 26.1 Å². The molecule has 1 aliphatic carbocycles. The summed E-state index contributed by atoms with van der Waals surface area (Å²) >= 11 is 0. The van der Waals surface area contributed by atoms with E-state index in [1.54, 1.807) is 0 Å². The molecule has 2 unspecified atom stereocenters. The maximum Gasteiger partial charge on any atom is 0.0599 e. The molecule has 0 spiro atoms. The van der Waals surface area contributed by atoms with Crippen LogP contribution in [0.3, 0.4) is 0 Å². The average molecular weight is 208 g/mol. The van der Waals surface area contributed by atoms with Crippen molar-refractivity contribution < 1.29 is 0 Å². The minimum atomic E-state index is 0.284. The molecule has 0 aromatic heterocycles. The van der Waals surface area contributed by atoms with Gasteiger partial charge in [-0.2, -0.15) is 0 Å². The molecule has 1 fully saturated rings. The van der Waals surface area contributed by atoms with E-state index < -0.39 is 0 Å². The molecule has 2 nitrogen and oxygen atoms in total. The zero-order valence-electron chi connectivity index (χ0n) is 10.1. The van der Waals surface area contributed by atoms with Crippen molar-refractivity contribution >= 4 is 0 Å². The van der Waals surface area contributed by atoms with Crippen LogP contribution in [0.1, 0.15) is 39.5 Å². The molecule has 2 N–H and O–H groups in total. The van der Waals surface area contributed by atoms with Crippen LogP contribution in [0, 0.1) is 17.8 Å². The number of nitrogens with two attached hydrogens (primary N) is 1. The highest BCUT2D eigenvalue weighted by Crippen LogP contribution is 2.37. The van der Waals surface area contributed by atoms with E-state index in [-0.39, 0.29) is 5.41 Å². The Labute approximate surface area is 94.2 Å². The van der Waals surface area contributed by atoms with E-state index in [4.69, 9.17) is 12.2 Å². The quantitative estimate of drug-likeness (QED) is 0.699. The maximum absolute atomic E-state index is 6.18. The zero-order valence-corrected chi connectivity index (χ0v) is 10.1. The Morgan fingerprint density at radius 2 is 2.33 bits per heavy atom. The van der Waals surface area contributed by atoms with Crippen molar-refractivity contribution in [3.05, 3.63) is 0 Å². The molecule has 0 amide bonds. The molecule has 0 aromatic rings. The number of hydrogen-bond donors (Lipinski definition) is 1. The summed E-state index contributed by atoms with van der Waals surface area (Å²) in [4.78, 5) is 2.37. The van der Waals surface area contributed by atoms with Crippen molar-refractivity contribution in [2.45, 2.75) is 45.6 Å². The summed E-state index contributed by atoms with van der Waals surface area (Å²) < 4.78 is 0. The second-order valence-corrected chi connectivity index (χ2v) is 5.07. The van der Waals surface area contributed by atoms with Crippen LogP contribution in [0.5, 0.6) is 0 Å². The van der Waals surface area contributed by atoms with Gasteiger partial charge >= 0.3 is 0 Å². The van der Waals surface area contributed by atoms with Crippen LogP contribution in [0.25, 0.3) is 0 Å². The highest BCUT2D eigenvalue weighted by atomic mass is 15.1. The minimum Gasteiger partial charge on any atom is -0.327 e. The van der Waals surface area contributed by atoms with Crippen LogP contribution in [0.4, 0.5) is 0 Å². The molecule has 1 saturated carbocycles. The Kier molecular flexibility index (Phi) is 4.63. The van der Waals surface area contributed by atoms with Gasteiger partial charge in [0.1, 0.15) is 0 Å². The first-order valence-corrected chi connectivity index (χ1v) is 6.04. The van der Waals surface area contributed by atoms with Crippen LogP contribution in [0.2, 0.25) is 0 Å². The molecule has 0 bridgehead atoms. The van der Waals surface area contributed by atoms with Gasteiger partial charge in [0.25, 0.3) is 0 Å². The van der Waals surface area contributed by atoms with Gasteiger partial charge in [0.15, 0.2) is 0 Å². The Morgan fingerprint density at radius 1 is 1.60 bits per heavy atom. The Hall–Kier alpha value is -0.520. The van der Waals surface area contributed by atoms with Gasteiger partial charge in [0, 0.05) is 12.6 Å². The van der Waals surface area contributed by atoms with Gasteiger partial charge in [-0.1, -0.05) is 26.2 Å². The highest BCUT2D eigenvalue weighted by molar-refractivity contribution is 4.96. The van der Waals surface area contributed by atoms with E-state index in [0.29, 0.717) is 6.04 Å². The van der Waals surface area contributed by atoms with Crippen LogP contribution in [-0.4, -0.2) is 30.6 Å². The molecule has 15 heavy (non-hydrogen) atoms. The smallest absolute Gasteiger partial charge is 0.0599 e. The third-order valence-corrected chi connectivity index (χ3v) is 3.60. The van der Waals surface area contributed by atoms with Crippen LogP contribution >= 0.6 is 0 Å². The molecule has 1 aliphatic rings. The normalized spacial score (nSPS) is 30.7. The van der Waals surface area contributed by atoms with Crippen molar-refractivity contribution in [2.75, 3.05) is 19.6 Å². The SMILES string of the molecule is C#CCN(CCC)CC1(C)CCCC1N. The molecule has 0 aromatic carbocycles. The van der Waals surface area contributed by atoms with Crippen molar-refractivity contribution in [1.82, 2.24) is 4.90 Å². The molecule has 86 valence electrons. The summed E-state index contributed by atoms with van der Waals surface area (Å²) in [6.07, 6.45) is 10.2. The van der Waals surface area contributed by atoms with Crippen LogP contribution < -0.4 is 5.73 Å². The fourth-order valence-corrected chi connectivity index (χ4v) is 2.63. The predicted octanol–water partition coefficient (Wildman–Crippen LogP) is 1.85. The fourth-order valence-electron chi connectivity index (χ4n) is 2.63. The second-order valence-electron chi connectivity index (χ2n) is 5.07. The summed E-state index contributed by atoms with van der Waals surface area (Å²) in [6.45, 7) is 7.42. The molecule has 1 rings (SSSR count). The zero-order chi connectivity index (χ0) is 11.3. The van der Waals surface area contributed by atoms with Gasteiger partial charge in [-0.15, -0.1) is 6.42 Å². The Morgan fingerprint density at radius 3 is 2.80 bits per heavy atom. The Bertz CT molecular complexity index is 231. The van der Waals surface area contributed by atoms with Gasteiger partial charge < -0.3 is 5.73 Å². The molecule has 0 aliphatic heterocycles. The lowest BCUT2D eigenvalue weighted by Gasteiger charge is -2.34. The van der Waals surface area contributed by atoms with Gasteiger partial charge in [0.05, 0.1) is 6.54 Å². The van der Waals surface area contributed by atoms with Crippen molar-refractivity contribution in [3.8, 4) is 12.3 Å². The summed E-state index contributed by atoms with van der Waals surface area (Å²) in [7, 11) is 0. The van der Waals surface area contributed by atoms with Gasteiger partial charge in [-0.05, 0) is 31.2 Å². The standard InChI is InChI=1S/C13H24N2/c1-4-9-15(10-5-2)11-13(3)8-6-7-12(13)14/h1,12H,5-11,14H2,2-3H3. The van der Waals surface area contributed by atoms with Crippen LogP contribution in [0.15, 0.2) is 0 Å². The van der Waals surface area contributed by atoms with E-state index in [1.807, 2.05) is 0 Å². The van der Waals surface area contributed by atoms with Crippen molar-refractivity contribution in [2.24, 2.45) is 11.1 Å². The lowest BCUT2D eigenvalue weighted by Crippen LogP contribution is -2.44.